The third-order valence-electron chi connectivity index (χ3n) is 6.98. The molecule has 0 saturated carbocycles. The van der Waals surface area contributed by atoms with Crippen LogP contribution in [0.5, 0.6) is 0 Å². The summed E-state index contributed by atoms with van der Waals surface area (Å²) >= 11 is 0. The van der Waals surface area contributed by atoms with Crippen LogP contribution < -0.4 is 5.73 Å². The van der Waals surface area contributed by atoms with Crippen molar-refractivity contribution in [3.8, 4) is 6.07 Å². The lowest BCUT2D eigenvalue weighted by Gasteiger charge is -2.37. The topological polar surface area (TPSA) is 81.0 Å². The van der Waals surface area contributed by atoms with Gasteiger partial charge in [0.1, 0.15) is 17.4 Å². The van der Waals surface area contributed by atoms with Crippen LogP contribution in [0.2, 0.25) is 0 Å². The van der Waals surface area contributed by atoms with E-state index in [1.807, 2.05) is 18.2 Å². The van der Waals surface area contributed by atoms with Gasteiger partial charge in [0.05, 0.1) is 11.4 Å². The molecule has 2 N–H and O–H groups in total. The highest BCUT2D eigenvalue weighted by Gasteiger charge is 2.43. The number of rotatable bonds is 4. The lowest BCUT2D eigenvalue weighted by molar-refractivity contribution is -0.119. The first kappa shape index (κ1) is 22.0. The highest BCUT2D eigenvalue weighted by Crippen LogP contribution is 2.49. The van der Waals surface area contributed by atoms with Crippen LogP contribution in [0.15, 0.2) is 77.5 Å². The van der Waals surface area contributed by atoms with E-state index < -0.39 is 5.92 Å². The molecule has 34 heavy (non-hydrogen) atoms. The predicted octanol–water partition coefficient (Wildman–Crippen LogP) is 5.70. The van der Waals surface area contributed by atoms with E-state index in [0.717, 1.165) is 22.9 Å². The Bertz CT molecular complexity index is 1400. The molecule has 1 aliphatic carbocycles. The highest BCUT2D eigenvalue weighted by molar-refractivity contribution is 6.01. The third kappa shape index (κ3) is 3.60. The normalized spacial score (nSPS) is 19.7. The van der Waals surface area contributed by atoms with Gasteiger partial charge in [-0.3, -0.25) is 4.79 Å². The van der Waals surface area contributed by atoms with Gasteiger partial charge in [-0.15, -0.1) is 0 Å². The van der Waals surface area contributed by atoms with Crippen LogP contribution in [0.1, 0.15) is 56.2 Å². The molecule has 2 aromatic carbocycles. The summed E-state index contributed by atoms with van der Waals surface area (Å²) in [5.41, 5.74) is 11.5. The minimum absolute atomic E-state index is 0.0344. The molecule has 0 bridgehead atoms. The Balaban J connectivity index is 1.76. The summed E-state index contributed by atoms with van der Waals surface area (Å²) < 4.78 is 8.14. The van der Waals surface area contributed by atoms with Crippen molar-refractivity contribution in [2.75, 3.05) is 0 Å². The number of ether oxygens (including phenoxy) is 1. The number of aryl methyl sites for hydroxylation is 1. The number of para-hydroxylation sites is 1. The SMILES string of the molecule is CCc1cccc2c(C3C(C#N)=C(N)OC4=C3C(=O)CC(C)(C)C4)cn(Cc3ccccc3)c12. The van der Waals surface area contributed by atoms with E-state index in [1.165, 1.54) is 11.1 Å². The van der Waals surface area contributed by atoms with Crippen molar-refractivity contribution < 1.29 is 9.53 Å². The molecule has 172 valence electrons. The largest absolute Gasteiger partial charge is 0.444 e. The van der Waals surface area contributed by atoms with Gasteiger partial charge in [-0.25, -0.2) is 0 Å². The number of benzene rings is 2. The van der Waals surface area contributed by atoms with Gasteiger partial charge < -0.3 is 15.0 Å². The van der Waals surface area contributed by atoms with E-state index in [0.29, 0.717) is 36.3 Å². The second-order valence-corrected chi connectivity index (χ2v) is 10.1. The zero-order valence-electron chi connectivity index (χ0n) is 19.9. The van der Waals surface area contributed by atoms with E-state index in [-0.39, 0.29) is 17.1 Å². The number of Topliss-reactive ketones (excluding diaryl/α,β-unsaturated/α-hetero) is 1. The van der Waals surface area contributed by atoms with Crippen LogP contribution in [0.4, 0.5) is 0 Å². The molecule has 1 aromatic heterocycles. The van der Waals surface area contributed by atoms with Crippen LogP contribution in [-0.4, -0.2) is 10.4 Å². The average molecular weight is 452 g/mol. The van der Waals surface area contributed by atoms with Gasteiger partial charge >= 0.3 is 0 Å². The molecule has 3 aromatic rings. The second kappa shape index (κ2) is 8.22. The van der Waals surface area contributed by atoms with Crippen molar-refractivity contribution in [1.82, 2.24) is 4.57 Å². The Morgan fingerprint density at radius 1 is 1.15 bits per heavy atom. The Morgan fingerprint density at radius 2 is 1.91 bits per heavy atom. The van der Waals surface area contributed by atoms with Crippen molar-refractivity contribution in [2.45, 2.75) is 52.5 Å². The quantitative estimate of drug-likeness (QED) is 0.551. The predicted molar refractivity (Wildman–Crippen MR) is 133 cm³/mol. The number of fused-ring (bicyclic) bond motifs is 1. The molecule has 0 spiro atoms. The molecular weight excluding hydrogens is 422 g/mol. The molecule has 0 radical (unpaired) electrons. The Kier molecular flexibility index (Phi) is 5.32. The molecule has 2 heterocycles. The van der Waals surface area contributed by atoms with E-state index in [9.17, 15) is 10.1 Å². The zero-order valence-corrected chi connectivity index (χ0v) is 19.9. The van der Waals surface area contributed by atoms with Crippen molar-refractivity contribution in [3.05, 3.63) is 94.2 Å². The molecule has 5 heteroatoms. The fraction of sp³-hybridized carbons (Fsp3) is 0.310. The number of nitrogens with zero attached hydrogens (tertiary/aromatic N) is 2. The van der Waals surface area contributed by atoms with Gasteiger partial charge in [0, 0.05) is 36.5 Å². The number of hydrogen-bond acceptors (Lipinski definition) is 4. The van der Waals surface area contributed by atoms with Gasteiger partial charge in [0.25, 0.3) is 0 Å². The molecule has 2 aliphatic rings. The molecule has 0 fully saturated rings. The zero-order chi connectivity index (χ0) is 24.0. The molecule has 1 unspecified atom stereocenters. The first-order chi connectivity index (χ1) is 16.3. The van der Waals surface area contributed by atoms with Gasteiger partial charge in [0.15, 0.2) is 5.78 Å². The minimum Gasteiger partial charge on any atom is -0.444 e. The van der Waals surface area contributed by atoms with Crippen LogP contribution in [0.25, 0.3) is 10.9 Å². The summed E-state index contributed by atoms with van der Waals surface area (Å²) in [6.45, 7) is 6.97. The number of allylic oxidation sites excluding steroid dienone is 3. The van der Waals surface area contributed by atoms with Crippen molar-refractivity contribution in [2.24, 2.45) is 11.1 Å². The summed E-state index contributed by atoms with van der Waals surface area (Å²) in [6, 6.07) is 18.9. The molecule has 0 saturated heterocycles. The van der Waals surface area contributed by atoms with E-state index in [4.69, 9.17) is 10.5 Å². The second-order valence-electron chi connectivity index (χ2n) is 10.1. The van der Waals surface area contributed by atoms with Gasteiger partial charge in [-0.1, -0.05) is 69.3 Å². The summed E-state index contributed by atoms with van der Waals surface area (Å²) in [7, 11) is 0. The first-order valence-electron chi connectivity index (χ1n) is 11.8. The molecule has 5 rings (SSSR count). The fourth-order valence-corrected chi connectivity index (χ4v) is 5.48. The maximum Gasteiger partial charge on any atom is 0.205 e. The monoisotopic (exact) mass is 451 g/mol. The number of nitrogens with two attached hydrogens (primary N) is 1. The average Bonchev–Trinajstić information content (AvgIpc) is 3.16. The smallest absolute Gasteiger partial charge is 0.205 e. The lowest BCUT2D eigenvalue weighted by Crippen LogP contribution is -2.33. The molecule has 5 nitrogen and oxygen atoms in total. The Hall–Kier alpha value is -3.78. The van der Waals surface area contributed by atoms with Crippen LogP contribution in [0, 0.1) is 16.7 Å². The van der Waals surface area contributed by atoms with Crippen LogP contribution in [-0.2, 0) is 22.5 Å². The summed E-state index contributed by atoms with van der Waals surface area (Å²) in [4.78, 5) is 13.4. The Morgan fingerprint density at radius 3 is 2.62 bits per heavy atom. The maximum atomic E-state index is 13.4. The van der Waals surface area contributed by atoms with Gasteiger partial charge in [-0.2, -0.15) is 5.26 Å². The summed E-state index contributed by atoms with van der Waals surface area (Å²) in [5.74, 6) is 0.224. The summed E-state index contributed by atoms with van der Waals surface area (Å²) in [5, 5.41) is 11.1. The van der Waals surface area contributed by atoms with Crippen molar-refractivity contribution in [3.63, 3.8) is 0 Å². The van der Waals surface area contributed by atoms with Crippen LogP contribution >= 0.6 is 0 Å². The number of carbonyl (C=O) groups excluding carboxylic acids is 1. The number of aromatic nitrogens is 1. The summed E-state index contributed by atoms with van der Waals surface area (Å²) in [6.07, 6.45) is 4.03. The van der Waals surface area contributed by atoms with E-state index >= 15 is 0 Å². The number of hydrogen-bond donors (Lipinski definition) is 1. The van der Waals surface area contributed by atoms with Crippen molar-refractivity contribution in [1.29, 1.82) is 5.26 Å². The third-order valence-corrected chi connectivity index (χ3v) is 6.98. The van der Waals surface area contributed by atoms with Crippen molar-refractivity contribution >= 4 is 16.7 Å². The standard InChI is InChI=1S/C29H29N3O2/c1-4-19-11-8-12-20-22(17-32(27(19)20)16-18-9-6-5-7-10-18)25-21(15-30)28(31)34-24-14-29(2,3)13-23(33)26(24)25/h5-12,17,25H,4,13-14,16,31H2,1-3H3. The first-order valence-corrected chi connectivity index (χ1v) is 11.8. The molecule has 1 atom stereocenters. The van der Waals surface area contributed by atoms with Gasteiger partial charge in [-0.05, 0) is 28.5 Å². The lowest BCUT2D eigenvalue weighted by atomic mass is 9.70. The van der Waals surface area contributed by atoms with Gasteiger partial charge in [0.2, 0.25) is 5.88 Å². The van der Waals surface area contributed by atoms with E-state index in [1.54, 1.807) is 0 Å². The Labute approximate surface area is 200 Å². The van der Waals surface area contributed by atoms with Crippen LogP contribution in [0.3, 0.4) is 0 Å². The fourth-order valence-electron chi connectivity index (χ4n) is 5.48. The minimum atomic E-state index is -0.524. The molecule has 1 aliphatic heterocycles. The van der Waals surface area contributed by atoms with E-state index in [2.05, 4.69) is 67.9 Å². The number of ketones is 1. The molecule has 0 amide bonds. The maximum absolute atomic E-state index is 13.4. The number of nitriles is 1. The molecular formula is C29H29N3O2. The number of carbonyl (C=O) groups is 1. The highest BCUT2D eigenvalue weighted by atomic mass is 16.5.